The molecule has 1 N–H and O–H groups in total. The lowest BCUT2D eigenvalue weighted by atomic mass is 10.1. The molecule has 0 bridgehead atoms. The zero-order valence-corrected chi connectivity index (χ0v) is 13.3. The van der Waals surface area contributed by atoms with E-state index in [2.05, 4.69) is 0 Å². The summed E-state index contributed by atoms with van der Waals surface area (Å²) in [5.74, 6) is -3.95. The van der Waals surface area contributed by atoms with E-state index in [1.165, 1.54) is 0 Å². The van der Waals surface area contributed by atoms with E-state index < -0.39 is 36.0 Å². The van der Waals surface area contributed by atoms with Crippen molar-refractivity contribution in [3.05, 3.63) is 0 Å². The molecule has 1 aliphatic heterocycles. The third kappa shape index (κ3) is 3.15. The Morgan fingerprint density at radius 1 is 0.792 bits per heavy atom. The number of hydrogen-bond donors (Lipinski definition) is 1. The first-order valence-electron chi connectivity index (χ1n) is 8.46. The second-order valence-electron chi connectivity index (χ2n) is 6.67. The highest BCUT2D eigenvalue weighted by Gasteiger charge is 2.53. The second-order valence-corrected chi connectivity index (χ2v) is 6.67. The van der Waals surface area contributed by atoms with Gasteiger partial charge in [0.05, 0.1) is 11.8 Å². The maximum absolute atomic E-state index is 12.1. The first-order chi connectivity index (χ1) is 11.5. The molecule has 0 radical (unpaired) electrons. The third-order valence-electron chi connectivity index (χ3n) is 5.04. The van der Waals surface area contributed by atoms with Crippen LogP contribution in [-0.2, 0) is 28.7 Å². The van der Waals surface area contributed by atoms with E-state index in [-0.39, 0.29) is 16.9 Å². The van der Waals surface area contributed by atoms with E-state index in [9.17, 15) is 24.4 Å². The molecule has 0 aromatic carbocycles. The summed E-state index contributed by atoms with van der Waals surface area (Å²) in [4.78, 5) is 48.2. The van der Waals surface area contributed by atoms with Crippen molar-refractivity contribution in [2.75, 3.05) is 0 Å². The summed E-state index contributed by atoms with van der Waals surface area (Å²) in [6.07, 6.45) is 3.11. The second kappa shape index (κ2) is 6.88. The van der Waals surface area contributed by atoms with Crippen molar-refractivity contribution in [2.45, 2.75) is 63.6 Å². The van der Waals surface area contributed by atoms with Crippen LogP contribution in [0.15, 0.2) is 0 Å². The standard InChI is InChI=1S/C16H21NO7/c18-13-11(23-15(20)9-5-1-2-6-9)12(14(19)17(13)22)24-16(21)10-7-3-4-8-10/h9-12,22H,1-8H2. The number of carbonyl (C=O) groups excluding carboxylic acids is 4. The summed E-state index contributed by atoms with van der Waals surface area (Å²) >= 11 is 0. The zero-order chi connectivity index (χ0) is 17.3. The van der Waals surface area contributed by atoms with Crippen LogP contribution in [-0.4, -0.2) is 46.2 Å². The highest BCUT2D eigenvalue weighted by atomic mass is 16.6. The van der Waals surface area contributed by atoms with E-state index in [1.807, 2.05) is 0 Å². The van der Waals surface area contributed by atoms with Gasteiger partial charge in [-0.15, -0.1) is 5.06 Å². The van der Waals surface area contributed by atoms with Gasteiger partial charge in [-0.2, -0.15) is 0 Å². The minimum absolute atomic E-state index is 0.126. The topological polar surface area (TPSA) is 110 Å². The van der Waals surface area contributed by atoms with E-state index in [4.69, 9.17) is 9.47 Å². The lowest BCUT2D eigenvalue weighted by Crippen LogP contribution is -2.39. The fourth-order valence-corrected chi connectivity index (χ4v) is 3.60. The molecule has 8 heteroatoms. The number of ether oxygens (including phenoxy) is 2. The monoisotopic (exact) mass is 339 g/mol. The van der Waals surface area contributed by atoms with Gasteiger partial charge in [0.15, 0.2) is 0 Å². The number of carbonyl (C=O) groups is 4. The molecule has 8 nitrogen and oxygen atoms in total. The predicted molar refractivity (Wildman–Crippen MR) is 77.3 cm³/mol. The van der Waals surface area contributed by atoms with Crippen molar-refractivity contribution in [1.82, 2.24) is 5.06 Å². The molecular weight excluding hydrogens is 318 g/mol. The Labute approximate surface area is 139 Å². The van der Waals surface area contributed by atoms with Gasteiger partial charge in [-0.1, -0.05) is 25.7 Å². The molecule has 2 amide bonds. The van der Waals surface area contributed by atoms with Crippen molar-refractivity contribution in [2.24, 2.45) is 11.8 Å². The van der Waals surface area contributed by atoms with E-state index in [1.54, 1.807) is 0 Å². The lowest BCUT2D eigenvalue weighted by Gasteiger charge is -2.19. The maximum Gasteiger partial charge on any atom is 0.309 e. The van der Waals surface area contributed by atoms with Crippen LogP contribution in [0.3, 0.4) is 0 Å². The number of esters is 2. The molecule has 0 spiro atoms. The largest absolute Gasteiger partial charge is 0.447 e. The van der Waals surface area contributed by atoms with Crippen LogP contribution < -0.4 is 0 Å². The molecule has 2 aliphatic carbocycles. The highest BCUT2D eigenvalue weighted by Crippen LogP contribution is 2.30. The fraction of sp³-hybridized carbons (Fsp3) is 0.750. The Bertz CT molecular complexity index is 501. The first-order valence-corrected chi connectivity index (χ1v) is 8.46. The maximum atomic E-state index is 12.1. The summed E-state index contributed by atoms with van der Waals surface area (Å²) in [5.41, 5.74) is 0. The van der Waals surface area contributed by atoms with E-state index >= 15 is 0 Å². The van der Waals surface area contributed by atoms with Crippen molar-refractivity contribution in [1.29, 1.82) is 0 Å². The van der Waals surface area contributed by atoms with Crippen molar-refractivity contribution in [3.63, 3.8) is 0 Å². The Hall–Kier alpha value is -1.96. The summed E-state index contributed by atoms with van der Waals surface area (Å²) in [5, 5.41) is 9.39. The molecule has 2 atom stereocenters. The van der Waals surface area contributed by atoms with Crippen LogP contribution in [0.25, 0.3) is 0 Å². The lowest BCUT2D eigenvalue weighted by molar-refractivity contribution is -0.177. The van der Waals surface area contributed by atoms with E-state index in [0.717, 1.165) is 25.7 Å². The zero-order valence-electron chi connectivity index (χ0n) is 13.3. The van der Waals surface area contributed by atoms with Gasteiger partial charge >= 0.3 is 11.9 Å². The average Bonchev–Trinajstić information content (AvgIpc) is 3.30. The van der Waals surface area contributed by atoms with Gasteiger partial charge < -0.3 is 9.47 Å². The quantitative estimate of drug-likeness (QED) is 0.461. The summed E-state index contributed by atoms with van der Waals surface area (Å²) in [6.45, 7) is 0. The SMILES string of the molecule is O=C(OC1C(=O)N(O)C(=O)C1OC(=O)C1CCCC1)C1CCCC1. The Morgan fingerprint density at radius 2 is 1.12 bits per heavy atom. The molecule has 1 heterocycles. The molecule has 132 valence electrons. The summed E-state index contributed by atoms with van der Waals surface area (Å²) < 4.78 is 10.3. The van der Waals surface area contributed by atoms with Crippen molar-refractivity contribution in [3.8, 4) is 0 Å². The van der Waals surface area contributed by atoms with Crippen LogP contribution in [0.1, 0.15) is 51.4 Å². The van der Waals surface area contributed by atoms with Gasteiger partial charge in [-0.3, -0.25) is 24.4 Å². The number of imide groups is 1. The Morgan fingerprint density at radius 3 is 1.46 bits per heavy atom. The minimum atomic E-state index is -1.60. The molecule has 1 saturated heterocycles. The van der Waals surface area contributed by atoms with Gasteiger partial charge in [-0.05, 0) is 25.7 Å². The number of hydroxylamine groups is 2. The third-order valence-corrected chi connectivity index (χ3v) is 5.04. The highest BCUT2D eigenvalue weighted by molar-refractivity contribution is 6.08. The summed E-state index contributed by atoms with van der Waals surface area (Å²) in [7, 11) is 0. The Kier molecular flexibility index (Phi) is 4.84. The molecule has 24 heavy (non-hydrogen) atoms. The van der Waals surface area contributed by atoms with Crippen molar-refractivity contribution < 1.29 is 33.9 Å². The van der Waals surface area contributed by atoms with Gasteiger partial charge in [0.1, 0.15) is 0 Å². The molecule has 3 fully saturated rings. The van der Waals surface area contributed by atoms with E-state index in [0.29, 0.717) is 25.7 Å². The molecule has 3 aliphatic rings. The number of nitrogens with zero attached hydrogens (tertiary/aromatic N) is 1. The number of amides is 2. The fourth-order valence-electron chi connectivity index (χ4n) is 3.60. The molecule has 0 aromatic rings. The smallest absolute Gasteiger partial charge is 0.309 e. The molecular formula is C16H21NO7. The molecule has 3 rings (SSSR count). The molecule has 0 aromatic heterocycles. The van der Waals surface area contributed by atoms with Gasteiger partial charge in [-0.25, -0.2) is 0 Å². The predicted octanol–water partition coefficient (Wildman–Crippen LogP) is 0.948. The Balaban J connectivity index is 1.68. The van der Waals surface area contributed by atoms with Gasteiger partial charge in [0.25, 0.3) is 11.8 Å². The molecule has 2 saturated carbocycles. The first kappa shape index (κ1) is 16.9. The van der Waals surface area contributed by atoms with Crippen LogP contribution in [0.4, 0.5) is 0 Å². The normalized spacial score (nSPS) is 28.6. The summed E-state index contributed by atoms with van der Waals surface area (Å²) in [6, 6.07) is 0. The number of rotatable bonds is 4. The average molecular weight is 339 g/mol. The minimum Gasteiger partial charge on any atom is -0.447 e. The van der Waals surface area contributed by atoms with Gasteiger partial charge in [0, 0.05) is 0 Å². The van der Waals surface area contributed by atoms with Crippen LogP contribution in [0, 0.1) is 11.8 Å². The van der Waals surface area contributed by atoms with Crippen LogP contribution in [0.2, 0.25) is 0 Å². The van der Waals surface area contributed by atoms with Crippen LogP contribution in [0.5, 0.6) is 0 Å². The van der Waals surface area contributed by atoms with Gasteiger partial charge in [0.2, 0.25) is 12.2 Å². The van der Waals surface area contributed by atoms with Crippen molar-refractivity contribution >= 4 is 23.8 Å². The van der Waals surface area contributed by atoms with Crippen LogP contribution >= 0.6 is 0 Å². The number of hydrogen-bond acceptors (Lipinski definition) is 7. The molecule has 2 unspecified atom stereocenters.